The average molecular weight is 550 g/mol. The van der Waals surface area contributed by atoms with Crippen LogP contribution in [0, 0.1) is 13.8 Å². The molecule has 4 aromatic carbocycles. The molecule has 1 aromatic heterocycles. The number of benzene rings is 4. The van der Waals surface area contributed by atoms with E-state index in [9.17, 15) is 9.59 Å². The van der Waals surface area contributed by atoms with Gasteiger partial charge in [-0.05, 0) is 84.6 Å². The fourth-order valence-electron chi connectivity index (χ4n) is 4.11. The van der Waals surface area contributed by atoms with Gasteiger partial charge in [0.15, 0.2) is 4.34 Å². The van der Waals surface area contributed by atoms with Gasteiger partial charge in [-0.1, -0.05) is 60.3 Å². The van der Waals surface area contributed by atoms with Crippen molar-refractivity contribution in [2.75, 3.05) is 10.6 Å². The lowest BCUT2D eigenvalue weighted by molar-refractivity contribution is -0.111. The van der Waals surface area contributed by atoms with Crippen LogP contribution in [-0.4, -0.2) is 16.8 Å². The molecule has 0 aliphatic carbocycles. The zero-order valence-corrected chi connectivity index (χ0v) is 23.2. The van der Waals surface area contributed by atoms with Gasteiger partial charge in [0.05, 0.1) is 10.2 Å². The second-order valence-corrected chi connectivity index (χ2v) is 11.5. The fraction of sp³-hybridized carbons (Fsp3) is 0.0938. The molecule has 194 valence electrons. The highest BCUT2D eigenvalue weighted by Gasteiger charge is 2.09. The molecule has 0 aliphatic heterocycles. The minimum absolute atomic E-state index is 0.121. The van der Waals surface area contributed by atoms with Gasteiger partial charge in [0.2, 0.25) is 5.91 Å². The molecule has 39 heavy (non-hydrogen) atoms. The van der Waals surface area contributed by atoms with Crippen molar-refractivity contribution in [1.29, 1.82) is 0 Å². The molecule has 0 fully saturated rings. The Hall–Kier alpha value is -4.20. The average Bonchev–Trinajstić information content (AvgIpc) is 3.33. The molecule has 5 aromatic rings. The van der Waals surface area contributed by atoms with Crippen LogP contribution in [0.1, 0.15) is 32.6 Å². The maximum atomic E-state index is 12.7. The number of amides is 2. The summed E-state index contributed by atoms with van der Waals surface area (Å²) in [7, 11) is 0. The molecule has 2 N–H and O–H groups in total. The second-order valence-electron chi connectivity index (χ2n) is 9.21. The number of nitrogens with zero attached hydrogens (tertiary/aromatic N) is 1. The molecule has 0 radical (unpaired) electrons. The van der Waals surface area contributed by atoms with Crippen molar-refractivity contribution in [3.8, 4) is 0 Å². The summed E-state index contributed by atoms with van der Waals surface area (Å²) in [6.45, 7) is 4.03. The van der Waals surface area contributed by atoms with E-state index in [1.807, 2.05) is 98.8 Å². The number of anilines is 2. The number of aromatic nitrogens is 1. The largest absolute Gasteiger partial charge is 0.322 e. The molecule has 7 heteroatoms. The van der Waals surface area contributed by atoms with Gasteiger partial charge in [-0.15, -0.1) is 11.3 Å². The summed E-state index contributed by atoms with van der Waals surface area (Å²) in [6.07, 6.45) is 3.32. The molecule has 0 aliphatic rings. The number of thiazole rings is 1. The molecular weight excluding hydrogens is 523 g/mol. The molecule has 5 nitrogen and oxygen atoms in total. The van der Waals surface area contributed by atoms with Crippen LogP contribution in [0.2, 0.25) is 0 Å². The number of carbonyl (C=O) groups excluding carboxylic acids is 2. The molecule has 0 saturated carbocycles. The molecule has 0 spiro atoms. The first kappa shape index (κ1) is 26.4. The Balaban J connectivity index is 1.17. The predicted octanol–water partition coefficient (Wildman–Crippen LogP) is 8.11. The van der Waals surface area contributed by atoms with Gasteiger partial charge in [0.25, 0.3) is 5.91 Å². The van der Waals surface area contributed by atoms with Gasteiger partial charge >= 0.3 is 0 Å². The number of fused-ring (bicyclic) bond motifs is 1. The molecule has 0 atom stereocenters. The Morgan fingerprint density at radius 1 is 0.846 bits per heavy atom. The number of nitrogens with one attached hydrogen (secondary N) is 2. The van der Waals surface area contributed by atoms with Crippen LogP contribution in [0.3, 0.4) is 0 Å². The van der Waals surface area contributed by atoms with Gasteiger partial charge in [0.1, 0.15) is 0 Å². The smallest absolute Gasteiger partial charge is 0.255 e. The second kappa shape index (κ2) is 12.1. The fourth-order valence-corrected chi connectivity index (χ4v) is 6.17. The molecular formula is C32H27N3O2S2. The molecule has 0 unspecified atom stereocenters. The van der Waals surface area contributed by atoms with Crippen molar-refractivity contribution >= 4 is 62.6 Å². The molecule has 1 heterocycles. The number of aryl methyl sites for hydroxylation is 2. The van der Waals surface area contributed by atoms with Gasteiger partial charge in [0, 0.05) is 28.8 Å². The summed E-state index contributed by atoms with van der Waals surface area (Å²) < 4.78 is 1.97. The van der Waals surface area contributed by atoms with Crippen molar-refractivity contribution in [2.45, 2.75) is 23.9 Å². The number of thioether (sulfide) groups is 1. The standard InChI is InChI=1S/C32H27N3O2S2/c1-21-16-22(2)18-27(17-21)34-31(37)25-11-8-24(9-12-25)20-38-32-35-28-14-13-26(19-29(28)39-32)33-30(36)15-10-23-6-4-3-5-7-23/h3-19H,20H2,1-2H3,(H,33,36)(H,34,37). The van der Waals surface area contributed by atoms with E-state index in [4.69, 9.17) is 4.98 Å². The minimum Gasteiger partial charge on any atom is -0.322 e. The van der Waals surface area contributed by atoms with Crippen LogP contribution < -0.4 is 10.6 Å². The topological polar surface area (TPSA) is 71.1 Å². The van der Waals surface area contributed by atoms with E-state index in [0.717, 1.165) is 53.9 Å². The summed E-state index contributed by atoms with van der Waals surface area (Å²) in [4.78, 5) is 29.7. The van der Waals surface area contributed by atoms with Crippen molar-refractivity contribution < 1.29 is 9.59 Å². The number of hydrogen-bond acceptors (Lipinski definition) is 5. The summed E-state index contributed by atoms with van der Waals surface area (Å²) in [6, 6.07) is 29.1. The third kappa shape index (κ3) is 7.22. The van der Waals surface area contributed by atoms with E-state index >= 15 is 0 Å². The Morgan fingerprint density at radius 2 is 1.59 bits per heavy atom. The highest BCUT2D eigenvalue weighted by molar-refractivity contribution is 8.00. The van der Waals surface area contributed by atoms with Gasteiger partial charge in [-0.2, -0.15) is 0 Å². The van der Waals surface area contributed by atoms with Crippen LogP contribution >= 0.6 is 23.1 Å². The van der Waals surface area contributed by atoms with E-state index in [0.29, 0.717) is 5.56 Å². The molecule has 0 saturated heterocycles. The lowest BCUT2D eigenvalue weighted by Crippen LogP contribution is -2.12. The molecule has 2 amide bonds. The third-order valence-electron chi connectivity index (χ3n) is 5.92. The predicted molar refractivity (Wildman–Crippen MR) is 164 cm³/mol. The highest BCUT2D eigenvalue weighted by Crippen LogP contribution is 2.33. The van der Waals surface area contributed by atoms with Crippen molar-refractivity contribution in [2.24, 2.45) is 0 Å². The summed E-state index contributed by atoms with van der Waals surface area (Å²) in [5.74, 6) is 0.444. The summed E-state index contributed by atoms with van der Waals surface area (Å²) in [5, 5.41) is 5.90. The Labute approximate surface area is 236 Å². The quantitative estimate of drug-likeness (QED) is 0.151. The summed E-state index contributed by atoms with van der Waals surface area (Å²) >= 11 is 3.25. The third-order valence-corrected chi connectivity index (χ3v) is 8.15. The van der Waals surface area contributed by atoms with Crippen LogP contribution in [0.15, 0.2) is 101 Å². The van der Waals surface area contributed by atoms with Gasteiger partial charge < -0.3 is 10.6 Å². The van der Waals surface area contributed by atoms with Crippen LogP contribution in [-0.2, 0) is 10.5 Å². The summed E-state index contributed by atoms with van der Waals surface area (Å²) in [5.41, 5.74) is 7.38. The lowest BCUT2D eigenvalue weighted by atomic mass is 10.1. The van der Waals surface area contributed by atoms with Crippen molar-refractivity contribution in [3.63, 3.8) is 0 Å². The SMILES string of the molecule is Cc1cc(C)cc(NC(=O)c2ccc(CSc3nc4ccc(NC(=O)C=Cc5ccccc5)cc4s3)cc2)c1. The number of hydrogen-bond donors (Lipinski definition) is 2. The van der Waals surface area contributed by atoms with E-state index in [1.165, 1.54) is 6.08 Å². The molecule has 5 rings (SSSR count). The van der Waals surface area contributed by atoms with Crippen LogP contribution in [0.25, 0.3) is 16.3 Å². The van der Waals surface area contributed by atoms with E-state index in [2.05, 4.69) is 16.7 Å². The monoisotopic (exact) mass is 549 g/mol. The Bertz CT molecular complexity index is 1640. The van der Waals surface area contributed by atoms with Crippen LogP contribution in [0.5, 0.6) is 0 Å². The zero-order chi connectivity index (χ0) is 27.2. The van der Waals surface area contributed by atoms with E-state index in [1.54, 1.807) is 29.2 Å². The maximum Gasteiger partial charge on any atom is 0.255 e. The highest BCUT2D eigenvalue weighted by atomic mass is 32.2. The minimum atomic E-state index is -0.177. The first-order valence-electron chi connectivity index (χ1n) is 12.5. The van der Waals surface area contributed by atoms with Crippen LogP contribution in [0.4, 0.5) is 11.4 Å². The zero-order valence-electron chi connectivity index (χ0n) is 21.6. The van der Waals surface area contributed by atoms with E-state index < -0.39 is 0 Å². The first-order chi connectivity index (χ1) is 18.9. The van der Waals surface area contributed by atoms with Gasteiger partial charge in [-0.3, -0.25) is 9.59 Å². The van der Waals surface area contributed by atoms with Crippen molar-refractivity contribution in [3.05, 3.63) is 125 Å². The normalized spacial score (nSPS) is 11.1. The van der Waals surface area contributed by atoms with E-state index in [-0.39, 0.29) is 11.8 Å². The molecule has 0 bridgehead atoms. The number of carbonyl (C=O) groups is 2. The Morgan fingerprint density at radius 3 is 2.33 bits per heavy atom. The van der Waals surface area contributed by atoms with Crippen molar-refractivity contribution in [1.82, 2.24) is 4.98 Å². The Kier molecular flexibility index (Phi) is 8.20. The number of rotatable bonds is 8. The first-order valence-corrected chi connectivity index (χ1v) is 14.3. The lowest BCUT2D eigenvalue weighted by Gasteiger charge is -2.08. The van der Waals surface area contributed by atoms with Gasteiger partial charge in [-0.25, -0.2) is 4.98 Å². The maximum absolute atomic E-state index is 12.7.